The molecule has 0 spiro atoms. The standard InChI is InChI=1S/C22H18N4O5/c1-12-7-8-14(23-10-17-18(27)24-22(31)25(2)19(17)28)9-13(12)11-26-20(29)15-5-3-4-6-16(15)21(26)30/h3-10,28H,11H2,1-2H3,(H,24,27,31). The van der Waals surface area contributed by atoms with Gasteiger partial charge in [-0.15, -0.1) is 0 Å². The van der Waals surface area contributed by atoms with E-state index < -0.39 is 17.1 Å². The van der Waals surface area contributed by atoms with Gasteiger partial charge in [-0.2, -0.15) is 0 Å². The molecule has 1 aliphatic heterocycles. The molecule has 0 fully saturated rings. The first kappa shape index (κ1) is 20.0. The van der Waals surface area contributed by atoms with Crippen molar-refractivity contribution in [1.82, 2.24) is 14.5 Å². The van der Waals surface area contributed by atoms with Gasteiger partial charge in [-0.1, -0.05) is 18.2 Å². The van der Waals surface area contributed by atoms with Crippen molar-refractivity contribution in [1.29, 1.82) is 0 Å². The van der Waals surface area contributed by atoms with Gasteiger partial charge >= 0.3 is 5.69 Å². The van der Waals surface area contributed by atoms with Crippen molar-refractivity contribution in [2.75, 3.05) is 0 Å². The number of amides is 2. The zero-order chi connectivity index (χ0) is 22.3. The smallest absolute Gasteiger partial charge is 0.330 e. The van der Waals surface area contributed by atoms with Crippen LogP contribution in [-0.2, 0) is 13.6 Å². The summed E-state index contributed by atoms with van der Waals surface area (Å²) in [7, 11) is 1.32. The zero-order valence-electron chi connectivity index (χ0n) is 16.7. The molecule has 0 radical (unpaired) electrons. The minimum Gasteiger partial charge on any atom is -0.494 e. The number of rotatable bonds is 4. The largest absolute Gasteiger partial charge is 0.494 e. The summed E-state index contributed by atoms with van der Waals surface area (Å²) in [5.41, 5.74) is 1.11. The third-order valence-corrected chi connectivity index (χ3v) is 5.21. The van der Waals surface area contributed by atoms with Crippen molar-refractivity contribution in [3.8, 4) is 5.88 Å². The van der Waals surface area contributed by atoms with Gasteiger partial charge in [-0.25, -0.2) is 4.79 Å². The fraction of sp³-hybridized carbons (Fsp3) is 0.136. The Kier molecular flexibility index (Phi) is 4.86. The molecule has 0 aliphatic carbocycles. The number of aryl methyl sites for hydroxylation is 1. The second kappa shape index (κ2) is 7.52. The zero-order valence-corrected chi connectivity index (χ0v) is 16.7. The predicted octanol–water partition coefficient (Wildman–Crippen LogP) is 1.63. The lowest BCUT2D eigenvalue weighted by Gasteiger charge is -2.16. The molecule has 0 saturated heterocycles. The van der Waals surface area contributed by atoms with Crippen molar-refractivity contribution < 1.29 is 14.7 Å². The van der Waals surface area contributed by atoms with Gasteiger partial charge in [-0.3, -0.25) is 33.8 Å². The molecule has 0 bridgehead atoms. The number of benzene rings is 2. The molecule has 1 aliphatic rings. The van der Waals surface area contributed by atoms with E-state index >= 15 is 0 Å². The number of aliphatic imine (C=N–C) groups is 1. The highest BCUT2D eigenvalue weighted by Gasteiger charge is 2.35. The Morgan fingerprint density at radius 1 is 1.03 bits per heavy atom. The molecular formula is C22H18N4O5. The third kappa shape index (κ3) is 3.46. The molecule has 2 aromatic carbocycles. The van der Waals surface area contributed by atoms with Crippen molar-refractivity contribution in [3.63, 3.8) is 0 Å². The van der Waals surface area contributed by atoms with Gasteiger partial charge in [0.05, 0.1) is 23.4 Å². The minimum absolute atomic E-state index is 0.0766. The van der Waals surface area contributed by atoms with Crippen LogP contribution in [0.1, 0.15) is 37.4 Å². The number of imide groups is 1. The lowest BCUT2D eigenvalue weighted by molar-refractivity contribution is 0.0642. The van der Waals surface area contributed by atoms with E-state index in [0.29, 0.717) is 22.4 Å². The first-order valence-corrected chi connectivity index (χ1v) is 9.39. The van der Waals surface area contributed by atoms with Crippen LogP contribution in [0.5, 0.6) is 5.88 Å². The van der Waals surface area contributed by atoms with Crippen LogP contribution in [0.4, 0.5) is 5.69 Å². The topological polar surface area (TPSA) is 125 Å². The molecule has 9 heteroatoms. The summed E-state index contributed by atoms with van der Waals surface area (Å²) in [5, 5.41) is 10.0. The minimum atomic E-state index is -0.761. The van der Waals surface area contributed by atoms with Gasteiger partial charge in [-0.05, 0) is 42.3 Å². The monoisotopic (exact) mass is 418 g/mol. The second-order valence-electron chi connectivity index (χ2n) is 7.17. The first-order valence-electron chi connectivity index (χ1n) is 9.39. The molecule has 0 saturated carbocycles. The van der Waals surface area contributed by atoms with Gasteiger partial charge in [0.15, 0.2) is 0 Å². The molecule has 2 N–H and O–H groups in total. The number of nitrogens with one attached hydrogen (secondary N) is 1. The summed E-state index contributed by atoms with van der Waals surface area (Å²) in [4.78, 5) is 56.2. The van der Waals surface area contributed by atoms with Gasteiger partial charge < -0.3 is 5.11 Å². The summed E-state index contributed by atoms with van der Waals surface area (Å²) in [6, 6.07) is 11.9. The van der Waals surface area contributed by atoms with Crippen molar-refractivity contribution in [2.45, 2.75) is 13.5 Å². The van der Waals surface area contributed by atoms with E-state index in [1.54, 1.807) is 42.5 Å². The van der Waals surface area contributed by atoms with Crippen LogP contribution in [0.15, 0.2) is 57.0 Å². The number of fused-ring (bicyclic) bond motifs is 1. The second-order valence-corrected chi connectivity index (χ2v) is 7.17. The van der Waals surface area contributed by atoms with E-state index in [1.165, 1.54) is 11.9 Å². The van der Waals surface area contributed by atoms with Crippen molar-refractivity contribution in [2.24, 2.45) is 12.0 Å². The van der Waals surface area contributed by atoms with E-state index in [9.17, 15) is 24.3 Å². The van der Waals surface area contributed by atoms with Crippen molar-refractivity contribution in [3.05, 3.63) is 91.1 Å². The summed E-state index contributed by atoms with van der Waals surface area (Å²) in [6.07, 6.45) is 1.16. The summed E-state index contributed by atoms with van der Waals surface area (Å²) < 4.78 is 0.894. The van der Waals surface area contributed by atoms with E-state index in [2.05, 4.69) is 9.98 Å². The van der Waals surface area contributed by atoms with Gasteiger partial charge in [0.1, 0.15) is 5.56 Å². The van der Waals surface area contributed by atoms with Crippen LogP contribution in [0.25, 0.3) is 0 Å². The molecule has 156 valence electrons. The van der Waals surface area contributed by atoms with Crippen LogP contribution in [0.3, 0.4) is 0 Å². The maximum absolute atomic E-state index is 12.6. The molecule has 2 heterocycles. The Morgan fingerprint density at radius 3 is 2.32 bits per heavy atom. The maximum Gasteiger partial charge on any atom is 0.330 e. The van der Waals surface area contributed by atoms with Crippen LogP contribution in [-0.4, -0.2) is 37.6 Å². The maximum atomic E-state index is 12.6. The van der Waals surface area contributed by atoms with E-state index in [0.717, 1.165) is 16.3 Å². The van der Waals surface area contributed by atoms with Crippen LogP contribution in [0, 0.1) is 6.92 Å². The highest BCUT2D eigenvalue weighted by molar-refractivity contribution is 6.21. The molecule has 31 heavy (non-hydrogen) atoms. The first-order chi connectivity index (χ1) is 14.8. The molecule has 0 atom stereocenters. The number of aromatic nitrogens is 2. The Labute approximate surface area is 175 Å². The molecule has 0 unspecified atom stereocenters. The lowest BCUT2D eigenvalue weighted by atomic mass is 10.1. The number of aromatic amines is 1. The van der Waals surface area contributed by atoms with Gasteiger partial charge in [0.25, 0.3) is 17.4 Å². The quantitative estimate of drug-likeness (QED) is 0.492. The Bertz CT molecular complexity index is 1350. The van der Waals surface area contributed by atoms with Crippen LogP contribution >= 0.6 is 0 Å². The molecule has 2 amide bonds. The average molecular weight is 418 g/mol. The Balaban J connectivity index is 1.64. The molecule has 4 rings (SSSR count). The molecule has 9 nitrogen and oxygen atoms in total. The van der Waals surface area contributed by atoms with E-state index in [1.807, 2.05) is 6.92 Å². The van der Waals surface area contributed by atoms with Crippen LogP contribution in [0.2, 0.25) is 0 Å². The number of aromatic hydroxyl groups is 1. The highest BCUT2D eigenvalue weighted by atomic mass is 16.3. The third-order valence-electron chi connectivity index (χ3n) is 5.21. The summed E-state index contributed by atoms with van der Waals surface area (Å²) >= 11 is 0. The molecule has 1 aromatic heterocycles. The fourth-order valence-electron chi connectivity index (χ4n) is 3.34. The lowest BCUT2D eigenvalue weighted by Crippen LogP contribution is -2.30. The molecule has 3 aromatic rings. The highest BCUT2D eigenvalue weighted by Crippen LogP contribution is 2.26. The molecular weight excluding hydrogens is 400 g/mol. The summed E-state index contributed by atoms with van der Waals surface area (Å²) in [6.45, 7) is 1.93. The number of carbonyl (C=O) groups is 2. The predicted molar refractivity (Wildman–Crippen MR) is 113 cm³/mol. The van der Waals surface area contributed by atoms with E-state index in [4.69, 9.17) is 0 Å². The number of H-pyrrole nitrogens is 1. The van der Waals surface area contributed by atoms with Gasteiger partial charge in [0, 0.05) is 13.3 Å². The Hall–Kier alpha value is -4.27. The normalized spacial score (nSPS) is 13.3. The average Bonchev–Trinajstić information content (AvgIpc) is 2.99. The number of hydrogen-bond acceptors (Lipinski definition) is 6. The summed E-state index contributed by atoms with van der Waals surface area (Å²) in [5.74, 6) is -1.21. The van der Waals surface area contributed by atoms with Crippen molar-refractivity contribution >= 4 is 23.7 Å². The van der Waals surface area contributed by atoms with Crippen LogP contribution < -0.4 is 11.2 Å². The Morgan fingerprint density at radius 2 is 1.68 bits per heavy atom. The fourth-order valence-corrected chi connectivity index (χ4v) is 3.34. The van der Waals surface area contributed by atoms with Gasteiger partial charge in [0.2, 0.25) is 5.88 Å². The number of nitrogens with zero attached hydrogens (tertiary/aromatic N) is 3. The SMILES string of the molecule is Cc1ccc(N=Cc2c(O)n(C)c(=O)[nH]c2=O)cc1CN1C(=O)c2ccccc2C1=O. The van der Waals surface area contributed by atoms with E-state index in [-0.39, 0.29) is 23.9 Å². The number of hydrogen-bond donors (Lipinski definition) is 2. The number of carbonyl (C=O) groups excluding carboxylic acids is 2.